The number of nitrogens with two attached hydrogens (primary N) is 1. The molecule has 4 N–H and O–H groups in total. The Morgan fingerprint density at radius 1 is 0.706 bits per heavy atom. The van der Waals surface area contributed by atoms with Gasteiger partial charge in [0.05, 0.1) is 27.8 Å². The lowest BCUT2D eigenvalue weighted by Gasteiger charge is -2.15. The Morgan fingerprint density at radius 2 is 1.41 bits per heavy atom. The van der Waals surface area contributed by atoms with Gasteiger partial charge in [-0.05, 0) is 23.8 Å². The predicted molar refractivity (Wildman–Crippen MR) is 129 cm³/mol. The summed E-state index contributed by atoms with van der Waals surface area (Å²) in [4.78, 5) is 54.2. The summed E-state index contributed by atoms with van der Waals surface area (Å²) < 4.78 is 1.15. The molecule has 8 heteroatoms. The highest BCUT2D eigenvalue weighted by atomic mass is 16.2. The highest BCUT2D eigenvalue weighted by molar-refractivity contribution is 6.23. The van der Waals surface area contributed by atoms with Crippen molar-refractivity contribution in [3.05, 3.63) is 105 Å². The Balaban J connectivity index is 1.73. The number of carbonyl (C=O) groups is 2. The Kier molecular flexibility index (Phi) is 4.06. The van der Waals surface area contributed by atoms with Gasteiger partial charge in [-0.15, -0.1) is 0 Å². The second-order valence-corrected chi connectivity index (χ2v) is 8.02. The number of hydrogen-bond donors (Lipinski definition) is 3. The molecular weight excluding hydrogens is 432 g/mol. The van der Waals surface area contributed by atoms with Crippen LogP contribution in [0.1, 0.15) is 20.7 Å². The summed E-state index contributed by atoms with van der Waals surface area (Å²) in [6, 6.07) is 21.1. The molecule has 0 aliphatic carbocycles. The molecule has 0 spiro atoms. The van der Waals surface area contributed by atoms with Crippen LogP contribution in [0.2, 0.25) is 0 Å². The van der Waals surface area contributed by atoms with E-state index in [2.05, 4.69) is 10.3 Å². The molecule has 164 valence electrons. The van der Waals surface area contributed by atoms with Gasteiger partial charge >= 0.3 is 0 Å². The quantitative estimate of drug-likeness (QED) is 0.283. The molecule has 34 heavy (non-hydrogen) atoms. The number of H-pyrrole nitrogens is 1. The topological polar surface area (TPSA) is 127 Å². The molecule has 0 unspecified atom stereocenters. The number of nitrogens with one attached hydrogen (secondary N) is 2. The molecule has 2 aromatic heterocycles. The van der Waals surface area contributed by atoms with E-state index in [0.29, 0.717) is 27.5 Å². The van der Waals surface area contributed by atoms with Crippen LogP contribution in [0.4, 0.5) is 5.82 Å². The van der Waals surface area contributed by atoms with Crippen molar-refractivity contribution in [2.75, 3.05) is 5.73 Å². The summed E-state index contributed by atoms with van der Waals surface area (Å²) in [6.45, 7) is 0. The van der Waals surface area contributed by atoms with E-state index in [-0.39, 0.29) is 22.4 Å². The number of anilines is 1. The predicted octanol–water partition coefficient (Wildman–Crippen LogP) is 2.96. The van der Waals surface area contributed by atoms with Crippen molar-refractivity contribution in [3.63, 3.8) is 0 Å². The lowest BCUT2D eigenvalue weighted by atomic mass is 10.0. The Morgan fingerprint density at radius 3 is 2.18 bits per heavy atom. The first-order chi connectivity index (χ1) is 16.5. The molecule has 3 heterocycles. The molecule has 5 aromatic rings. The first-order valence-electron chi connectivity index (χ1n) is 10.5. The van der Waals surface area contributed by atoms with Gasteiger partial charge < -0.3 is 10.7 Å². The largest absolute Gasteiger partial charge is 0.384 e. The molecule has 6 rings (SSSR count). The van der Waals surface area contributed by atoms with Crippen LogP contribution in [0.3, 0.4) is 0 Å². The second kappa shape index (κ2) is 7.01. The van der Waals surface area contributed by atoms with Gasteiger partial charge in [-0.25, -0.2) is 0 Å². The summed E-state index contributed by atoms with van der Waals surface area (Å²) in [6.07, 6.45) is 0. The van der Waals surface area contributed by atoms with E-state index in [4.69, 9.17) is 5.73 Å². The number of aromatic nitrogens is 2. The van der Waals surface area contributed by atoms with Gasteiger partial charge in [0, 0.05) is 22.4 Å². The molecule has 3 aromatic carbocycles. The van der Waals surface area contributed by atoms with E-state index in [9.17, 15) is 19.2 Å². The van der Waals surface area contributed by atoms with Crippen LogP contribution in [0.25, 0.3) is 38.6 Å². The molecule has 0 saturated carbocycles. The average Bonchev–Trinajstić information content (AvgIpc) is 3.12. The Labute approximate surface area is 191 Å². The minimum Gasteiger partial charge on any atom is -0.384 e. The summed E-state index contributed by atoms with van der Waals surface area (Å²) in [5.74, 6) is -1.51. The monoisotopic (exact) mass is 448 g/mol. The minimum absolute atomic E-state index is 0.0605. The fourth-order valence-electron chi connectivity index (χ4n) is 4.58. The van der Waals surface area contributed by atoms with E-state index >= 15 is 0 Å². The van der Waals surface area contributed by atoms with Crippen molar-refractivity contribution in [2.24, 2.45) is 0 Å². The maximum atomic E-state index is 13.5. The maximum absolute atomic E-state index is 13.5. The van der Waals surface area contributed by atoms with Gasteiger partial charge in [-0.3, -0.25) is 29.1 Å². The average molecular weight is 448 g/mol. The van der Waals surface area contributed by atoms with Gasteiger partial charge in [0.15, 0.2) is 5.43 Å². The van der Waals surface area contributed by atoms with Gasteiger partial charge in [-0.2, -0.15) is 0 Å². The second-order valence-electron chi connectivity index (χ2n) is 8.02. The van der Waals surface area contributed by atoms with Crippen LogP contribution in [0, 0.1) is 0 Å². The summed E-state index contributed by atoms with van der Waals surface area (Å²) in [7, 11) is 0. The highest BCUT2D eigenvalue weighted by Gasteiger charge is 2.32. The minimum atomic E-state index is -0.670. The zero-order valence-electron chi connectivity index (χ0n) is 17.6. The molecule has 0 radical (unpaired) electrons. The Hall–Kier alpha value is -4.98. The summed E-state index contributed by atoms with van der Waals surface area (Å²) in [5, 5.41) is 3.03. The number of imide groups is 1. The van der Waals surface area contributed by atoms with Crippen LogP contribution in [-0.4, -0.2) is 21.4 Å². The van der Waals surface area contributed by atoms with Gasteiger partial charge in [0.2, 0.25) is 0 Å². The van der Waals surface area contributed by atoms with Gasteiger partial charge in [-0.1, -0.05) is 48.5 Å². The number of carbonyl (C=O) groups excluding carboxylic acids is 2. The SMILES string of the molecule is Nc1c2c(cc(=O)n1-c1cccc3c(=O)c4cccc(-c5ccccc5)c4[nH]c13)C(=O)NC2=O. The molecule has 0 saturated heterocycles. The number of pyridine rings is 2. The smallest absolute Gasteiger partial charge is 0.262 e. The van der Waals surface area contributed by atoms with Crippen LogP contribution in [-0.2, 0) is 0 Å². The summed E-state index contributed by atoms with van der Waals surface area (Å²) >= 11 is 0. The fourth-order valence-corrected chi connectivity index (χ4v) is 4.58. The highest BCUT2D eigenvalue weighted by Crippen LogP contribution is 2.30. The number of benzene rings is 3. The lowest BCUT2D eigenvalue weighted by Crippen LogP contribution is -2.24. The first-order valence-corrected chi connectivity index (χ1v) is 10.5. The number of fused-ring (bicyclic) bond motifs is 3. The third-order valence-electron chi connectivity index (χ3n) is 6.13. The van der Waals surface area contributed by atoms with Crippen LogP contribution in [0.15, 0.2) is 82.4 Å². The number of para-hydroxylation sites is 2. The van der Waals surface area contributed by atoms with E-state index in [1.807, 2.05) is 42.5 Å². The molecule has 1 aliphatic heterocycles. The van der Waals surface area contributed by atoms with E-state index in [1.165, 1.54) is 0 Å². The van der Waals surface area contributed by atoms with E-state index in [0.717, 1.165) is 21.8 Å². The molecular formula is C26H16N4O4. The third-order valence-corrected chi connectivity index (χ3v) is 6.13. The van der Waals surface area contributed by atoms with Gasteiger partial charge in [0.25, 0.3) is 17.4 Å². The van der Waals surface area contributed by atoms with Crippen molar-refractivity contribution in [1.29, 1.82) is 0 Å². The van der Waals surface area contributed by atoms with Crippen molar-refractivity contribution in [2.45, 2.75) is 0 Å². The number of hydrogen-bond acceptors (Lipinski definition) is 5. The number of aromatic amines is 1. The van der Waals surface area contributed by atoms with Crippen LogP contribution >= 0.6 is 0 Å². The van der Waals surface area contributed by atoms with Crippen molar-refractivity contribution >= 4 is 39.4 Å². The molecule has 0 fully saturated rings. The zero-order chi connectivity index (χ0) is 23.6. The number of rotatable bonds is 2. The van der Waals surface area contributed by atoms with Crippen molar-refractivity contribution < 1.29 is 9.59 Å². The standard InChI is InChI=1S/C26H16N4O4/c27-24-20-17(25(33)29-26(20)34)12-19(31)30(24)18-11-5-10-16-22(18)28-21-14(13-6-2-1-3-7-13)8-4-9-15(21)23(16)32/h1-12H,27H2,(H,28,32)(H,29,33,34). The lowest BCUT2D eigenvalue weighted by molar-refractivity contribution is 0.0880. The molecule has 0 atom stereocenters. The maximum Gasteiger partial charge on any atom is 0.262 e. The number of nitrogen functional groups attached to an aromatic ring is 1. The molecule has 0 bridgehead atoms. The van der Waals surface area contributed by atoms with Crippen molar-refractivity contribution in [1.82, 2.24) is 14.9 Å². The van der Waals surface area contributed by atoms with E-state index < -0.39 is 17.4 Å². The zero-order valence-corrected chi connectivity index (χ0v) is 17.6. The van der Waals surface area contributed by atoms with E-state index in [1.54, 1.807) is 24.3 Å². The molecule has 2 amide bonds. The first kappa shape index (κ1) is 19.7. The number of amides is 2. The Bertz CT molecular complexity index is 1820. The molecule has 1 aliphatic rings. The van der Waals surface area contributed by atoms with Crippen LogP contribution < -0.4 is 22.0 Å². The fraction of sp³-hybridized carbons (Fsp3) is 0. The van der Waals surface area contributed by atoms with Crippen molar-refractivity contribution in [3.8, 4) is 16.8 Å². The van der Waals surface area contributed by atoms with Gasteiger partial charge in [0.1, 0.15) is 5.82 Å². The number of nitrogens with zero attached hydrogens (tertiary/aromatic N) is 1. The summed E-state index contributed by atoms with van der Waals surface area (Å²) in [5.41, 5.74) is 8.37. The third kappa shape index (κ3) is 2.65. The molecule has 8 nitrogen and oxygen atoms in total. The van der Waals surface area contributed by atoms with Crippen LogP contribution in [0.5, 0.6) is 0 Å². The normalized spacial score (nSPS) is 12.8.